The van der Waals surface area contributed by atoms with Crippen molar-refractivity contribution < 1.29 is 4.79 Å². The summed E-state index contributed by atoms with van der Waals surface area (Å²) >= 11 is 6.31. The summed E-state index contributed by atoms with van der Waals surface area (Å²) in [6.07, 6.45) is 8.25. The second-order valence-electron chi connectivity index (χ2n) is 6.97. The van der Waals surface area contributed by atoms with E-state index in [2.05, 4.69) is 32.3 Å². The maximum absolute atomic E-state index is 13.1. The Hall–Kier alpha value is -3.38. The third-order valence-corrected chi connectivity index (χ3v) is 5.64. The number of fused-ring (bicyclic) bond motifs is 1. The molecule has 1 aliphatic heterocycles. The highest BCUT2D eigenvalue weighted by atomic mass is 35.5. The quantitative estimate of drug-likeness (QED) is 0.527. The Kier molecular flexibility index (Phi) is 4.41. The fraction of sp³-hybridized carbons (Fsp3) is 0.136. The molecule has 7 heteroatoms. The number of aromatic nitrogens is 4. The molecule has 0 aliphatic carbocycles. The molecule has 1 aromatic carbocycles. The number of nitrogens with zero attached hydrogens (tertiary/aromatic N) is 3. The minimum absolute atomic E-state index is 0.0513. The molecule has 3 aromatic heterocycles. The van der Waals surface area contributed by atoms with Crippen molar-refractivity contribution in [3.05, 3.63) is 77.2 Å². The van der Waals surface area contributed by atoms with E-state index in [1.165, 1.54) is 5.57 Å². The van der Waals surface area contributed by atoms with Crippen LogP contribution in [0.2, 0.25) is 5.02 Å². The maximum Gasteiger partial charge on any atom is 0.257 e. The van der Waals surface area contributed by atoms with Crippen molar-refractivity contribution >= 4 is 34.1 Å². The Morgan fingerprint density at radius 2 is 2.03 bits per heavy atom. The fourth-order valence-electron chi connectivity index (χ4n) is 3.81. The predicted molar refractivity (Wildman–Crippen MR) is 114 cm³/mol. The molecule has 4 aromatic rings. The number of pyridine rings is 1. The molecule has 0 saturated heterocycles. The number of amides is 1. The lowest BCUT2D eigenvalue weighted by Gasteiger charge is -2.26. The van der Waals surface area contributed by atoms with Crippen molar-refractivity contribution in [3.8, 4) is 11.3 Å². The van der Waals surface area contributed by atoms with Crippen LogP contribution in [0, 0.1) is 0 Å². The van der Waals surface area contributed by atoms with E-state index in [4.69, 9.17) is 11.6 Å². The number of nitrogens with one attached hydrogen (secondary N) is 2. The maximum atomic E-state index is 13.1. The van der Waals surface area contributed by atoms with Crippen LogP contribution in [0.4, 0.5) is 0 Å². The molecule has 144 valence electrons. The van der Waals surface area contributed by atoms with Gasteiger partial charge >= 0.3 is 0 Å². The van der Waals surface area contributed by atoms with E-state index < -0.39 is 0 Å². The number of H-pyrrole nitrogens is 2. The number of carbonyl (C=O) groups excluding carboxylic acids is 1. The summed E-state index contributed by atoms with van der Waals surface area (Å²) in [5, 5.41) is 8.70. The van der Waals surface area contributed by atoms with Gasteiger partial charge in [-0.2, -0.15) is 5.10 Å². The largest absolute Gasteiger partial charge is 0.346 e. The normalized spacial score (nSPS) is 14.2. The van der Waals surface area contributed by atoms with Crippen molar-refractivity contribution in [2.24, 2.45) is 0 Å². The highest BCUT2D eigenvalue weighted by Gasteiger charge is 2.24. The number of benzene rings is 1. The first kappa shape index (κ1) is 17.7. The Labute approximate surface area is 172 Å². The highest BCUT2D eigenvalue weighted by molar-refractivity contribution is 6.33. The smallest absolute Gasteiger partial charge is 0.257 e. The van der Waals surface area contributed by atoms with Gasteiger partial charge in [0, 0.05) is 47.0 Å². The molecule has 29 heavy (non-hydrogen) atoms. The van der Waals surface area contributed by atoms with E-state index >= 15 is 0 Å². The summed E-state index contributed by atoms with van der Waals surface area (Å²) in [5.74, 6) is -0.0513. The van der Waals surface area contributed by atoms with Gasteiger partial charge in [-0.3, -0.25) is 9.89 Å². The van der Waals surface area contributed by atoms with Gasteiger partial charge in [-0.1, -0.05) is 35.9 Å². The van der Waals surface area contributed by atoms with E-state index in [1.807, 2.05) is 35.4 Å². The lowest BCUT2D eigenvalue weighted by Crippen LogP contribution is -2.34. The number of carbonyl (C=O) groups is 1. The van der Waals surface area contributed by atoms with Crippen molar-refractivity contribution in [1.29, 1.82) is 0 Å². The Balaban J connectivity index is 1.40. The molecule has 2 N–H and O–H groups in total. The zero-order valence-electron chi connectivity index (χ0n) is 15.5. The molecular weight excluding hydrogens is 386 g/mol. The van der Waals surface area contributed by atoms with Crippen LogP contribution < -0.4 is 0 Å². The summed E-state index contributed by atoms with van der Waals surface area (Å²) in [7, 11) is 0. The van der Waals surface area contributed by atoms with Crippen LogP contribution in [-0.4, -0.2) is 44.1 Å². The molecule has 0 saturated carbocycles. The standard InChI is InChI=1S/C22H18ClN5O/c23-19-6-2-1-4-16(19)20-18(13-26-27-20)22(29)28-10-7-14(8-11-28)17-12-25-21-15(17)5-3-9-24-21/h1-7,9,12-13H,8,10-11H2,(H,24,25)(H,26,27). The monoisotopic (exact) mass is 403 g/mol. The molecule has 1 amide bonds. The molecular formula is C22H18ClN5O. The van der Waals surface area contributed by atoms with E-state index in [-0.39, 0.29) is 5.91 Å². The van der Waals surface area contributed by atoms with Gasteiger partial charge in [0.15, 0.2) is 0 Å². The molecule has 4 heterocycles. The number of hydrogen-bond donors (Lipinski definition) is 2. The summed E-state index contributed by atoms with van der Waals surface area (Å²) in [6.45, 7) is 1.19. The SMILES string of the molecule is O=C(c1cn[nH]c1-c1ccccc1Cl)N1CC=C(c2c[nH]c3ncccc23)CC1. The van der Waals surface area contributed by atoms with Gasteiger partial charge in [0.2, 0.25) is 0 Å². The predicted octanol–water partition coefficient (Wildman–Crippen LogP) is 4.54. The lowest BCUT2D eigenvalue weighted by molar-refractivity contribution is 0.0773. The minimum atomic E-state index is -0.0513. The summed E-state index contributed by atoms with van der Waals surface area (Å²) in [5.41, 5.74) is 5.22. The first-order valence-corrected chi connectivity index (χ1v) is 9.79. The van der Waals surface area contributed by atoms with Gasteiger partial charge in [0.1, 0.15) is 5.65 Å². The second-order valence-corrected chi connectivity index (χ2v) is 7.38. The van der Waals surface area contributed by atoms with Crippen LogP contribution in [0.25, 0.3) is 27.9 Å². The van der Waals surface area contributed by atoms with E-state index in [1.54, 1.807) is 18.5 Å². The third kappa shape index (κ3) is 3.11. The van der Waals surface area contributed by atoms with Crippen molar-refractivity contribution in [2.45, 2.75) is 6.42 Å². The van der Waals surface area contributed by atoms with Crippen molar-refractivity contribution in [3.63, 3.8) is 0 Å². The molecule has 0 unspecified atom stereocenters. The van der Waals surface area contributed by atoms with Crippen LogP contribution in [0.1, 0.15) is 22.3 Å². The summed E-state index contributed by atoms with van der Waals surface area (Å²) < 4.78 is 0. The Bertz CT molecular complexity index is 1240. The van der Waals surface area contributed by atoms with Gasteiger partial charge in [-0.15, -0.1) is 0 Å². The topological polar surface area (TPSA) is 77.7 Å². The van der Waals surface area contributed by atoms with E-state index in [0.717, 1.165) is 28.6 Å². The molecule has 0 fully saturated rings. The number of aromatic amines is 2. The van der Waals surface area contributed by atoms with Crippen LogP contribution >= 0.6 is 11.6 Å². The zero-order chi connectivity index (χ0) is 19.8. The molecule has 1 aliphatic rings. The number of rotatable bonds is 3. The van der Waals surface area contributed by atoms with Crippen molar-refractivity contribution in [1.82, 2.24) is 25.1 Å². The molecule has 0 spiro atoms. The van der Waals surface area contributed by atoms with E-state index in [9.17, 15) is 4.79 Å². The van der Waals surface area contributed by atoms with E-state index in [0.29, 0.717) is 29.4 Å². The van der Waals surface area contributed by atoms with Crippen molar-refractivity contribution in [2.75, 3.05) is 13.1 Å². The Morgan fingerprint density at radius 1 is 1.14 bits per heavy atom. The van der Waals surface area contributed by atoms with Gasteiger partial charge in [-0.05, 0) is 30.2 Å². The number of hydrogen-bond acceptors (Lipinski definition) is 3. The van der Waals surface area contributed by atoms with Crippen LogP contribution in [0.15, 0.2) is 61.1 Å². The third-order valence-electron chi connectivity index (χ3n) is 5.31. The first-order chi connectivity index (χ1) is 14.2. The molecule has 0 radical (unpaired) electrons. The van der Waals surface area contributed by atoms with Crippen LogP contribution in [-0.2, 0) is 0 Å². The molecule has 0 bridgehead atoms. The van der Waals surface area contributed by atoms with Gasteiger partial charge < -0.3 is 9.88 Å². The van der Waals surface area contributed by atoms with Crippen LogP contribution in [0.5, 0.6) is 0 Å². The zero-order valence-corrected chi connectivity index (χ0v) is 16.3. The van der Waals surface area contributed by atoms with Gasteiger partial charge in [0.25, 0.3) is 5.91 Å². The number of halogens is 1. The van der Waals surface area contributed by atoms with Gasteiger partial charge in [-0.25, -0.2) is 4.98 Å². The molecule has 6 nitrogen and oxygen atoms in total. The summed E-state index contributed by atoms with van der Waals surface area (Å²) in [6, 6.07) is 11.4. The van der Waals surface area contributed by atoms with Crippen LogP contribution in [0.3, 0.4) is 0 Å². The fourth-order valence-corrected chi connectivity index (χ4v) is 4.04. The minimum Gasteiger partial charge on any atom is -0.346 e. The highest BCUT2D eigenvalue weighted by Crippen LogP contribution is 2.31. The molecule has 5 rings (SSSR count). The van der Waals surface area contributed by atoms with Gasteiger partial charge in [0.05, 0.1) is 17.5 Å². The average molecular weight is 404 g/mol. The second kappa shape index (κ2) is 7.22. The Morgan fingerprint density at radius 3 is 2.86 bits per heavy atom. The summed E-state index contributed by atoms with van der Waals surface area (Å²) in [4.78, 5) is 22.6. The lowest BCUT2D eigenvalue weighted by atomic mass is 9.99. The first-order valence-electron chi connectivity index (χ1n) is 9.41. The molecule has 0 atom stereocenters. The average Bonchev–Trinajstić information content (AvgIpc) is 3.41.